The normalized spacial score (nSPS) is 17.5. The molecule has 1 fully saturated rings. The van der Waals surface area contributed by atoms with Gasteiger partial charge in [0.15, 0.2) is 0 Å². The molecule has 1 aromatic rings. The Kier molecular flexibility index (Phi) is 5.13. The maximum atomic E-state index is 10.5. The van der Waals surface area contributed by atoms with Crippen molar-refractivity contribution in [3.63, 3.8) is 0 Å². The number of ether oxygens (including phenoxy) is 2. The van der Waals surface area contributed by atoms with Crippen LogP contribution in [0.2, 0.25) is 0 Å². The lowest BCUT2D eigenvalue weighted by Crippen LogP contribution is -2.46. The highest BCUT2D eigenvalue weighted by molar-refractivity contribution is 5.35. The summed E-state index contributed by atoms with van der Waals surface area (Å²) in [6, 6.07) is 0.213. The molecule has 0 atom stereocenters. The minimum absolute atomic E-state index is 0.108. The summed E-state index contributed by atoms with van der Waals surface area (Å²) < 4.78 is 10.7. The number of hydrogen-bond acceptors (Lipinski definition) is 8. The number of anilines is 2. The number of nitrogen functional groups attached to an aromatic ring is 1. The third-order valence-electron chi connectivity index (χ3n) is 3.35. The summed E-state index contributed by atoms with van der Waals surface area (Å²) in [4.78, 5) is 14.0. The molecule has 1 aliphatic heterocycles. The summed E-state index contributed by atoms with van der Waals surface area (Å²) in [5, 5.41) is 10.5. The van der Waals surface area contributed by atoms with Crippen LogP contribution in [0.3, 0.4) is 0 Å². The van der Waals surface area contributed by atoms with Crippen LogP contribution in [0.25, 0.3) is 0 Å². The fourth-order valence-electron chi connectivity index (χ4n) is 2.21. The molecule has 3 N–H and O–H groups in total. The van der Waals surface area contributed by atoms with E-state index in [4.69, 9.17) is 15.2 Å². The molecular formula is C13H23N5O3. The van der Waals surface area contributed by atoms with Gasteiger partial charge in [0.25, 0.3) is 0 Å². The third kappa shape index (κ3) is 4.40. The van der Waals surface area contributed by atoms with Gasteiger partial charge in [-0.1, -0.05) is 6.92 Å². The average Bonchev–Trinajstić information content (AvgIpc) is 2.45. The summed E-state index contributed by atoms with van der Waals surface area (Å²) in [6.45, 7) is 4.06. The van der Waals surface area contributed by atoms with E-state index >= 15 is 0 Å². The van der Waals surface area contributed by atoms with Crippen LogP contribution in [0.4, 0.5) is 11.9 Å². The summed E-state index contributed by atoms with van der Waals surface area (Å²) in [7, 11) is 1.81. The molecule has 0 amide bonds. The minimum Gasteiger partial charge on any atom is -0.463 e. The van der Waals surface area contributed by atoms with Crippen LogP contribution in [0.5, 0.6) is 6.01 Å². The van der Waals surface area contributed by atoms with Crippen molar-refractivity contribution in [2.75, 3.05) is 44.0 Å². The van der Waals surface area contributed by atoms with Crippen LogP contribution in [0, 0.1) is 0 Å². The molecule has 1 saturated heterocycles. The van der Waals surface area contributed by atoms with Crippen molar-refractivity contribution in [3.8, 4) is 6.01 Å². The number of rotatable bonds is 6. The van der Waals surface area contributed by atoms with E-state index in [1.165, 1.54) is 0 Å². The van der Waals surface area contributed by atoms with Gasteiger partial charge in [0.1, 0.15) is 0 Å². The number of aliphatic hydroxyl groups is 1. The molecular weight excluding hydrogens is 274 g/mol. The first-order chi connectivity index (χ1) is 10.0. The summed E-state index contributed by atoms with van der Waals surface area (Å²) in [5.74, 6) is 0.505. The molecule has 2 heterocycles. The fourth-order valence-corrected chi connectivity index (χ4v) is 2.21. The van der Waals surface area contributed by atoms with Crippen LogP contribution < -0.4 is 15.4 Å². The number of aromatic nitrogens is 3. The van der Waals surface area contributed by atoms with E-state index in [-0.39, 0.29) is 12.0 Å². The molecule has 2 rings (SSSR count). The van der Waals surface area contributed by atoms with Crippen LogP contribution in [0.15, 0.2) is 0 Å². The first kappa shape index (κ1) is 15.7. The first-order valence-corrected chi connectivity index (χ1v) is 7.18. The van der Waals surface area contributed by atoms with Crippen molar-refractivity contribution in [2.45, 2.75) is 31.8 Å². The monoisotopic (exact) mass is 297 g/mol. The number of nitrogens with zero attached hydrogens (tertiary/aromatic N) is 4. The molecule has 1 aromatic heterocycles. The highest BCUT2D eigenvalue weighted by atomic mass is 16.5. The SMILES string of the molecule is CCCOc1nc(N)nc(N(C)CC2(O)CCOCC2)n1. The average molecular weight is 297 g/mol. The summed E-state index contributed by atoms with van der Waals surface area (Å²) >= 11 is 0. The molecule has 0 unspecified atom stereocenters. The molecule has 0 saturated carbocycles. The van der Waals surface area contributed by atoms with E-state index in [9.17, 15) is 5.11 Å². The Morgan fingerprint density at radius 3 is 2.71 bits per heavy atom. The van der Waals surface area contributed by atoms with Gasteiger partial charge in [-0.15, -0.1) is 0 Å². The predicted octanol–water partition coefficient (Wildman–Crippen LogP) is 0.220. The molecule has 0 radical (unpaired) electrons. The molecule has 0 spiro atoms. The van der Waals surface area contributed by atoms with Gasteiger partial charge >= 0.3 is 6.01 Å². The van der Waals surface area contributed by atoms with Gasteiger partial charge < -0.3 is 25.2 Å². The summed E-state index contributed by atoms with van der Waals surface area (Å²) in [5.41, 5.74) is 4.89. The van der Waals surface area contributed by atoms with Gasteiger partial charge in [-0.05, 0) is 6.42 Å². The van der Waals surface area contributed by atoms with Gasteiger partial charge in [-0.3, -0.25) is 0 Å². The number of likely N-dealkylation sites (N-methyl/N-ethyl adjacent to an activating group) is 1. The second kappa shape index (κ2) is 6.86. The van der Waals surface area contributed by atoms with Crippen molar-refractivity contribution in [2.24, 2.45) is 0 Å². The van der Waals surface area contributed by atoms with Crippen molar-refractivity contribution >= 4 is 11.9 Å². The smallest absolute Gasteiger partial charge is 0.323 e. The predicted molar refractivity (Wildman–Crippen MR) is 78.3 cm³/mol. The quantitative estimate of drug-likeness (QED) is 0.768. The molecule has 0 aromatic carbocycles. The lowest BCUT2D eigenvalue weighted by atomic mass is 9.94. The third-order valence-corrected chi connectivity index (χ3v) is 3.35. The van der Waals surface area contributed by atoms with E-state index in [1.54, 1.807) is 4.90 Å². The van der Waals surface area contributed by atoms with Gasteiger partial charge in [-0.2, -0.15) is 15.0 Å². The Labute approximate surface area is 124 Å². The Bertz CT molecular complexity index is 465. The van der Waals surface area contributed by atoms with E-state index in [0.29, 0.717) is 45.2 Å². The van der Waals surface area contributed by atoms with E-state index in [0.717, 1.165) is 6.42 Å². The van der Waals surface area contributed by atoms with Gasteiger partial charge in [0, 0.05) is 39.6 Å². The van der Waals surface area contributed by atoms with Crippen LogP contribution in [-0.2, 0) is 4.74 Å². The first-order valence-electron chi connectivity index (χ1n) is 7.18. The number of hydrogen-bond donors (Lipinski definition) is 2. The lowest BCUT2D eigenvalue weighted by Gasteiger charge is -2.35. The molecule has 1 aliphatic rings. The van der Waals surface area contributed by atoms with Crippen LogP contribution in [0.1, 0.15) is 26.2 Å². The highest BCUT2D eigenvalue weighted by Crippen LogP contribution is 2.23. The molecule has 0 bridgehead atoms. The zero-order valence-corrected chi connectivity index (χ0v) is 12.6. The zero-order valence-electron chi connectivity index (χ0n) is 12.6. The van der Waals surface area contributed by atoms with Gasteiger partial charge in [0.05, 0.1) is 12.2 Å². The standard InChI is InChI=1S/C13H23N5O3/c1-3-6-21-12-16-10(14)15-11(17-12)18(2)9-13(19)4-7-20-8-5-13/h19H,3-9H2,1-2H3,(H2,14,15,16,17). The molecule has 21 heavy (non-hydrogen) atoms. The topological polar surface area (TPSA) is 107 Å². The van der Waals surface area contributed by atoms with Crippen LogP contribution >= 0.6 is 0 Å². The van der Waals surface area contributed by atoms with Crippen molar-refractivity contribution < 1.29 is 14.6 Å². The number of nitrogens with two attached hydrogens (primary N) is 1. The Morgan fingerprint density at radius 1 is 1.33 bits per heavy atom. The van der Waals surface area contributed by atoms with E-state index in [1.807, 2.05) is 14.0 Å². The second-order valence-electron chi connectivity index (χ2n) is 5.32. The Balaban J connectivity index is 2.07. The van der Waals surface area contributed by atoms with E-state index < -0.39 is 5.60 Å². The maximum absolute atomic E-state index is 10.5. The molecule has 118 valence electrons. The van der Waals surface area contributed by atoms with Crippen molar-refractivity contribution in [1.82, 2.24) is 15.0 Å². The minimum atomic E-state index is -0.793. The van der Waals surface area contributed by atoms with Gasteiger partial charge in [0.2, 0.25) is 11.9 Å². The molecule has 8 heteroatoms. The Morgan fingerprint density at radius 2 is 2.05 bits per heavy atom. The largest absolute Gasteiger partial charge is 0.463 e. The molecule has 8 nitrogen and oxygen atoms in total. The zero-order chi connectivity index (χ0) is 15.3. The van der Waals surface area contributed by atoms with Crippen LogP contribution in [-0.4, -0.2) is 59.1 Å². The summed E-state index contributed by atoms with van der Waals surface area (Å²) in [6.07, 6.45) is 2.05. The van der Waals surface area contributed by atoms with Gasteiger partial charge in [-0.25, -0.2) is 0 Å². The van der Waals surface area contributed by atoms with Crippen molar-refractivity contribution in [1.29, 1.82) is 0 Å². The van der Waals surface area contributed by atoms with Crippen molar-refractivity contribution in [3.05, 3.63) is 0 Å². The fraction of sp³-hybridized carbons (Fsp3) is 0.769. The highest BCUT2D eigenvalue weighted by Gasteiger charge is 2.32. The second-order valence-corrected chi connectivity index (χ2v) is 5.32. The van der Waals surface area contributed by atoms with E-state index in [2.05, 4.69) is 15.0 Å². The Hall–Kier alpha value is -1.67. The molecule has 0 aliphatic carbocycles. The maximum Gasteiger partial charge on any atom is 0.323 e. The lowest BCUT2D eigenvalue weighted by molar-refractivity contribution is -0.0574.